The van der Waals surface area contributed by atoms with Crippen molar-refractivity contribution in [1.29, 1.82) is 0 Å². The van der Waals surface area contributed by atoms with Gasteiger partial charge in [0.1, 0.15) is 11.2 Å². The third-order valence-corrected chi connectivity index (χ3v) is 3.12. The molecule has 0 aliphatic carbocycles. The number of hydrogen-bond donors (Lipinski definition) is 1. The zero-order chi connectivity index (χ0) is 13.2. The summed E-state index contributed by atoms with van der Waals surface area (Å²) in [7, 11) is 0. The lowest BCUT2D eigenvalue weighted by Crippen LogP contribution is -2.49. The molecule has 2 heterocycles. The lowest BCUT2D eigenvalue weighted by atomic mass is 10.1. The van der Waals surface area contributed by atoms with Gasteiger partial charge in [-0.3, -0.25) is 4.90 Å². The van der Waals surface area contributed by atoms with Crippen LogP contribution in [0.3, 0.4) is 0 Å². The summed E-state index contributed by atoms with van der Waals surface area (Å²) in [5.41, 5.74) is 0.133. The number of hydrogen-bond acceptors (Lipinski definition) is 3. The Hall–Kier alpha value is -0.270. The Balaban J connectivity index is 0.00000180. The highest BCUT2D eigenvalue weighted by Crippen LogP contribution is 2.37. The van der Waals surface area contributed by atoms with Crippen molar-refractivity contribution < 1.29 is 13.2 Å². The molecule has 0 bridgehead atoms. The number of piperazine rings is 1. The van der Waals surface area contributed by atoms with Crippen LogP contribution in [-0.2, 0) is 0 Å². The van der Waals surface area contributed by atoms with E-state index in [0.717, 1.165) is 0 Å². The molecule has 20 heavy (non-hydrogen) atoms. The van der Waals surface area contributed by atoms with Gasteiger partial charge in [-0.2, -0.15) is 13.2 Å². The summed E-state index contributed by atoms with van der Waals surface area (Å²) < 4.78 is 39.5. The molecule has 2 rings (SSSR count). The molecule has 1 aliphatic rings. The number of alkyl halides is 3. The summed E-state index contributed by atoms with van der Waals surface area (Å²) in [6, 6.07) is 1.16. The summed E-state index contributed by atoms with van der Waals surface area (Å²) >= 11 is 5.60. The lowest BCUT2D eigenvalue weighted by molar-refractivity contribution is -0.188. The Kier molecular flexibility index (Phi) is 8.13. The SMILES string of the molecule is Cl.Cl.FC(F)(F)[C@H](c1ccc(Cl)nc1)N1CCNCC1. The van der Waals surface area contributed by atoms with Crippen molar-refractivity contribution in [2.45, 2.75) is 12.2 Å². The molecule has 0 amide bonds. The minimum atomic E-state index is -4.31. The van der Waals surface area contributed by atoms with E-state index in [4.69, 9.17) is 11.6 Å². The first-order chi connectivity index (χ1) is 8.48. The molecule has 0 aromatic carbocycles. The smallest absolute Gasteiger partial charge is 0.314 e. The van der Waals surface area contributed by atoms with Crippen LogP contribution >= 0.6 is 36.4 Å². The van der Waals surface area contributed by atoms with Crippen LogP contribution in [0.15, 0.2) is 18.3 Å². The van der Waals surface area contributed by atoms with Crippen LogP contribution in [0.1, 0.15) is 11.6 Å². The van der Waals surface area contributed by atoms with E-state index in [0.29, 0.717) is 26.2 Å². The van der Waals surface area contributed by atoms with Crippen LogP contribution in [0, 0.1) is 0 Å². The van der Waals surface area contributed by atoms with E-state index < -0.39 is 12.2 Å². The van der Waals surface area contributed by atoms with E-state index in [-0.39, 0.29) is 35.5 Å². The maximum Gasteiger partial charge on any atom is 0.408 e. The van der Waals surface area contributed by atoms with Gasteiger partial charge in [0.15, 0.2) is 0 Å². The van der Waals surface area contributed by atoms with Gasteiger partial charge in [-0.1, -0.05) is 17.7 Å². The normalized spacial score (nSPS) is 17.8. The molecule has 116 valence electrons. The molecule has 3 nitrogen and oxygen atoms in total. The molecule has 0 saturated carbocycles. The summed E-state index contributed by atoms with van der Waals surface area (Å²) in [4.78, 5) is 5.15. The fourth-order valence-electron chi connectivity index (χ4n) is 2.10. The maximum atomic E-state index is 13.2. The summed E-state index contributed by atoms with van der Waals surface area (Å²) in [5.74, 6) is 0. The van der Waals surface area contributed by atoms with Gasteiger partial charge in [0.2, 0.25) is 0 Å². The molecule has 0 spiro atoms. The molecule has 1 fully saturated rings. The molecule has 1 N–H and O–H groups in total. The van der Waals surface area contributed by atoms with E-state index >= 15 is 0 Å². The lowest BCUT2D eigenvalue weighted by Gasteiger charge is -2.35. The highest BCUT2D eigenvalue weighted by molar-refractivity contribution is 6.29. The van der Waals surface area contributed by atoms with Gasteiger partial charge in [-0.05, 0) is 11.6 Å². The maximum absolute atomic E-state index is 13.2. The average molecular weight is 353 g/mol. The predicted octanol–water partition coefficient (Wildman–Crippen LogP) is 3.09. The van der Waals surface area contributed by atoms with Gasteiger partial charge in [0.25, 0.3) is 0 Å². The number of nitrogens with zero attached hydrogens (tertiary/aromatic N) is 2. The van der Waals surface area contributed by atoms with Gasteiger partial charge >= 0.3 is 6.18 Å². The molecule has 9 heteroatoms. The topological polar surface area (TPSA) is 28.2 Å². The van der Waals surface area contributed by atoms with Crippen molar-refractivity contribution in [2.75, 3.05) is 26.2 Å². The molecule has 1 aliphatic heterocycles. The zero-order valence-electron chi connectivity index (χ0n) is 10.4. The van der Waals surface area contributed by atoms with Crippen molar-refractivity contribution in [1.82, 2.24) is 15.2 Å². The Morgan fingerprint density at radius 3 is 2.25 bits per heavy atom. The largest absolute Gasteiger partial charge is 0.408 e. The van der Waals surface area contributed by atoms with Crippen LogP contribution in [0.25, 0.3) is 0 Å². The minimum absolute atomic E-state index is 0. The van der Waals surface area contributed by atoms with E-state index in [9.17, 15) is 13.2 Å². The third-order valence-electron chi connectivity index (χ3n) is 2.89. The average Bonchev–Trinajstić information content (AvgIpc) is 2.32. The molecule has 1 saturated heterocycles. The van der Waals surface area contributed by atoms with Crippen molar-refractivity contribution in [3.8, 4) is 0 Å². The number of aromatic nitrogens is 1. The number of pyridine rings is 1. The second-order valence-electron chi connectivity index (χ2n) is 4.14. The fraction of sp³-hybridized carbons (Fsp3) is 0.545. The standard InChI is InChI=1S/C11H13ClF3N3.2ClH/c12-9-2-1-8(7-17-9)10(11(13,14)15)18-5-3-16-4-6-18;;/h1-2,7,10,16H,3-6H2;2*1H/t10-;;/m0../s1. The van der Waals surface area contributed by atoms with E-state index in [2.05, 4.69) is 10.3 Å². The summed E-state index contributed by atoms with van der Waals surface area (Å²) in [5, 5.41) is 3.23. The second-order valence-corrected chi connectivity index (χ2v) is 4.53. The fourth-order valence-corrected chi connectivity index (χ4v) is 2.21. The van der Waals surface area contributed by atoms with Crippen LogP contribution in [-0.4, -0.2) is 42.2 Å². The summed E-state index contributed by atoms with van der Waals surface area (Å²) in [6.45, 7) is 1.86. The number of rotatable bonds is 2. The van der Waals surface area contributed by atoms with E-state index in [1.165, 1.54) is 23.2 Å². The van der Waals surface area contributed by atoms with Gasteiger partial charge in [0, 0.05) is 32.4 Å². The first-order valence-electron chi connectivity index (χ1n) is 5.61. The predicted molar refractivity (Wildman–Crippen MR) is 77.0 cm³/mol. The highest BCUT2D eigenvalue weighted by Gasteiger charge is 2.44. The van der Waals surface area contributed by atoms with E-state index in [1.807, 2.05) is 0 Å². The Bertz CT molecular complexity index is 394. The molecular formula is C11H15Cl3F3N3. The summed E-state index contributed by atoms with van der Waals surface area (Å²) in [6.07, 6.45) is -3.12. The zero-order valence-corrected chi connectivity index (χ0v) is 12.7. The quantitative estimate of drug-likeness (QED) is 0.829. The van der Waals surface area contributed by atoms with Crippen molar-refractivity contribution >= 4 is 36.4 Å². The number of halogens is 6. The molecule has 0 radical (unpaired) electrons. The molecule has 0 unspecified atom stereocenters. The molecule has 1 aromatic heterocycles. The second kappa shape index (κ2) is 8.24. The minimum Gasteiger partial charge on any atom is -0.314 e. The Morgan fingerprint density at radius 1 is 1.20 bits per heavy atom. The van der Waals surface area contributed by atoms with Gasteiger partial charge in [-0.25, -0.2) is 4.98 Å². The van der Waals surface area contributed by atoms with Crippen molar-refractivity contribution in [3.05, 3.63) is 29.0 Å². The Morgan fingerprint density at radius 2 is 1.80 bits per heavy atom. The number of nitrogens with one attached hydrogen (secondary N) is 1. The highest BCUT2D eigenvalue weighted by atomic mass is 35.5. The van der Waals surface area contributed by atoms with Crippen LogP contribution in [0.2, 0.25) is 5.15 Å². The van der Waals surface area contributed by atoms with Crippen molar-refractivity contribution in [3.63, 3.8) is 0 Å². The monoisotopic (exact) mass is 351 g/mol. The van der Waals surface area contributed by atoms with E-state index in [1.54, 1.807) is 0 Å². The van der Waals surface area contributed by atoms with Crippen LogP contribution in [0.5, 0.6) is 0 Å². The first-order valence-corrected chi connectivity index (χ1v) is 5.99. The van der Waals surface area contributed by atoms with Gasteiger partial charge < -0.3 is 5.32 Å². The van der Waals surface area contributed by atoms with Crippen LogP contribution in [0.4, 0.5) is 13.2 Å². The molecule has 1 aromatic rings. The molecular weight excluding hydrogens is 337 g/mol. The Labute approximate surface area is 132 Å². The third kappa shape index (κ3) is 4.93. The molecule has 1 atom stereocenters. The van der Waals surface area contributed by atoms with Crippen molar-refractivity contribution in [2.24, 2.45) is 0 Å². The van der Waals surface area contributed by atoms with Gasteiger partial charge in [0.05, 0.1) is 0 Å². The van der Waals surface area contributed by atoms with Gasteiger partial charge in [-0.15, -0.1) is 24.8 Å². The van der Waals surface area contributed by atoms with Crippen LogP contribution < -0.4 is 5.32 Å². The first kappa shape index (κ1) is 19.7.